The highest BCUT2D eigenvalue weighted by Crippen LogP contribution is 2.39. The van der Waals surface area contributed by atoms with Crippen LogP contribution < -0.4 is 5.73 Å². The molecule has 0 aliphatic rings. The van der Waals surface area contributed by atoms with Crippen molar-refractivity contribution in [2.45, 2.75) is 6.92 Å². The number of rotatable bonds is 2. The predicted molar refractivity (Wildman–Crippen MR) is 85.0 cm³/mol. The molecule has 0 spiro atoms. The van der Waals surface area contributed by atoms with Crippen molar-refractivity contribution in [2.75, 3.05) is 5.73 Å². The Bertz CT molecular complexity index is 890. The second kappa shape index (κ2) is 5.04. The SMILES string of the molecule is Cc1c(C(=O)O)nc2c(N)ccc(-c3ccccc3)c2c1O. The van der Waals surface area contributed by atoms with E-state index >= 15 is 0 Å². The molecule has 22 heavy (non-hydrogen) atoms. The predicted octanol–water partition coefficient (Wildman–Crippen LogP) is 3.20. The quantitative estimate of drug-likeness (QED) is 0.631. The zero-order valence-corrected chi connectivity index (χ0v) is 11.9. The molecule has 0 aliphatic heterocycles. The lowest BCUT2D eigenvalue weighted by Gasteiger charge is -2.13. The first-order chi connectivity index (χ1) is 10.5. The van der Waals surface area contributed by atoms with Gasteiger partial charge in [-0.1, -0.05) is 36.4 Å². The summed E-state index contributed by atoms with van der Waals surface area (Å²) >= 11 is 0. The largest absolute Gasteiger partial charge is 0.507 e. The molecule has 0 aliphatic carbocycles. The molecule has 3 rings (SSSR count). The molecule has 1 heterocycles. The second-order valence-electron chi connectivity index (χ2n) is 5.03. The van der Waals surface area contributed by atoms with E-state index in [-0.39, 0.29) is 17.0 Å². The fourth-order valence-corrected chi connectivity index (χ4v) is 2.53. The number of nitrogens with zero attached hydrogens (tertiary/aromatic N) is 1. The van der Waals surface area contributed by atoms with Crippen molar-refractivity contribution in [2.24, 2.45) is 0 Å². The summed E-state index contributed by atoms with van der Waals surface area (Å²) in [7, 11) is 0. The average molecular weight is 294 g/mol. The number of carboxylic acids is 1. The number of nitrogens with two attached hydrogens (primary N) is 1. The summed E-state index contributed by atoms with van der Waals surface area (Å²) in [5.41, 5.74) is 8.23. The summed E-state index contributed by atoms with van der Waals surface area (Å²) < 4.78 is 0. The number of fused-ring (bicyclic) bond motifs is 1. The minimum atomic E-state index is -1.20. The molecule has 5 heteroatoms. The van der Waals surface area contributed by atoms with Crippen molar-refractivity contribution in [3.63, 3.8) is 0 Å². The number of carbonyl (C=O) groups is 1. The summed E-state index contributed by atoms with van der Waals surface area (Å²) in [6, 6.07) is 13.0. The standard InChI is InChI=1S/C17H14N2O3/c1-9-14(17(21)22)19-15-12(18)8-7-11(13(15)16(9)20)10-5-3-2-4-6-10/h2-8H,18H2,1H3,(H,19,20)(H,21,22). The van der Waals surface area contributed by atoms with Crippen LogP contribution in [0.25, 0.3) is 22.0 Å². The van der Waals surface area contributed by atoms with Crippen molar-refractivity contribution in [3.8, 4) is 16.9 Å². The Morgan fingerprint density at radius 2 is 1.82 bits per heavy atom. The molecular formula is C17H14N2O3. The fraction of sp³-hybridized carbons (Fsp3) is 0.0588. The van der Waals surface area contributed by atoms with Crippen LogP contribution in [0.5, 0.6) is 5.75 Å². The molecule has 3 aromatic rings. The van der Waals surface area contributed by atoms with E-state index in [4.69, 9.17) is 5.73 Å². The van der Waals surface area contributed by atoms with E-state index in [1.165, 1.54) is 6.92 Å². The van der Waals surface area contributed by atoms with Crippen LogP contribution in [0.3, 0.4) is 0 Å². The number of nitrogen functional groups attached to an aromatic ring is 1. The normalized spacial score (nSPS) is 10.8. The number of aromatic carboxylic acids is 1. The highest BCUT2D eigenvalue weighted by molar-refractivity contribution is 6.06. The number of hydrogen-bond donors (Lipinski definition) is 3. The van der Waals surface area contributed by atoms with Crippen LogP contribution in [0.1, 0.15) is 16.1 Å². The highest BCUT2D eigenvalue weighted by Gasteiger charge is 2.20. The van der Waals surface area contributed by atoms with E-state index in [0.717, 1.165) is 11.1 Å². The average Bonchev–Trinajstić information content (AvgIpc) is 2.52. The van der Waals surface area contributed by atoms with Gasteiger partial charge in [0.05, 0.1) is 16.6 Å². The van der Waals surface area contributed by atoms with Gasteiger partial charge in [-0.25, -0.2) is 9.78 Å². The van der Waals surface area contributed by atoms with E-state index in [1.54, 1.807) is 12.1 Å². The van der Waals surface area contributed by atoms with Gasteiger partial charge in [-0.3, -0.25) is 0 Å². The van der Waals surface area contributed by atoms with E-state index in [9.17, 15) is 15.0 Å². The Hall–Kier alpha value is -3.08. The van der Waals surface area contributed by atoms with Gasteiger partial charge in [0.1, 0.15) is 5.75 Å². The molecule has 0 saturated heterocycles. The number of anilines is 1. The van der Waals surface area contributed by atoms with Crippen LogP contribution >= 0.6 is 0 Å². The van der Waals surface area contributed by atoms with Crippen molar-refractivity contribution >= 4 is 22.6 Å². The third kappa shape index (κ3) is 2.03. The maximum absolute atomic E-state index is 11.3. The Morgan fingerprint density at radius 3 is 2.45 bits per heavy atom. The maximum Gasteiger partial charge on any atom is 0.354 e. The molecule has 110 valence electrons. The number of benzene rings is 2. The van der Waals surface area contributed by atoms with Crippen LogP contribution in [-0.2, 0) is 0 Å². The molecule has 2 aromatic carbocycles. The zero-order valence-electron chi connectivity index (χ0n) is 11.9. The first-order valence-electron chi connectivity index (χ1n) is 6.71. The summed E-state index contributed by atoms with van der Waals surface area (Å²) in [6.45, 7) is 1.53. The summed E-state index contributed by atoms with van der Waals surface area (Å²) in [5, 5.41) is 20.2. The molecule has 0 fully saturated rings. The van der Waals surface area contributed by atoms with E-state index in [2.05, 4.69) is 4.98 Å². The molecule has 5 nitrogen and oxygen atoms in total. The van der Waals surface area contributed by atoms with Crippen molar-refractivity contribution in [3.05, 3.63) is 53.7 Å². The van der Waals surface area contributed by atoms with Crippen LogP contribution in [0.4, 0.5) is 5.69 Å². The molecule has 0 bridgehead atoms. The van der Waals surface area contributed by atoms with Crippen molar-refractivity contribution in [1.82, 2.24) is 4.98 Å². The first-order valence-corrected chi connectivity index (χ1v) is 6.71. The smallest absolute Gasteiger partial charge is 0.354 e. The number of aromatic nitrogens is 1. The number of hydrogen-bond acceptors (Lipinski definition) is 4. The summed E-state index contributed by atoms with van der Waals surface area (Å²) in [5.74, 6) is -1.30. The van der Waals surface area contributed by atoms with Gasteiger partial charge in [0.25, 0.3) is 0 Å². The lowest BCUT2D eigenvalue weighted by Crippen LogP contribution is -2.05. The third-order valence-corrected chi connectivity index (χ3v) is 3.67. The fourth-order valence-electron chi connectivity index (χ4n) is 2.53. The second-order valence-corrected chi connectivity index (χ2v) is 5.03. The van der Waals surface area contributed by atoms with Gasteiger partial charge in [0.2, 0.25) is 0 Å². The summed E-state index contributed by atoms with van der Waals surface area (Å²) in [6.07, 6.45) is 0. The Balaban J connectivity index is 2.45. The van der Waals surface area contributed by atoms with Gasteiger partial charge in [0, 0.05) is 5.56 Å². The minimum Gasteiger partial charge on any atom is -0.507 e. The van der Waals surface area contributed by atoms with Crippen LogP contribution in [-0.4, -0.2) is 21.2 Å². The number of aromatic hydroxyl groups is 1. The first kappa shape index (κ1) is 13.9. The molecular weight excluding hydrogens is 280 g/mol. The van der Waals surface area contributed by atoms with Crippen LogP contribution in [0, 0.1) is 6.92 Å². The van der Waals surface area contributed by atoms with Gasteiger partial charge in [-0.05, 0) is 24.1 Å². The molecule has 1 aromatic heterocycles. The molecule has 0 amide bonds. The molecule has 0 unspecified atom stereocenters. The van der Waals surface area contributed by atoms with Crippen LogP contribution in [0.15, 0.2) is 42.5 Å². The molecule has 0 saturated carbocycles. The number of pyridine rings is 1. The molecule has 4 N–H and O–H groups in total. The van der Waals surface area contributed by atoms with Gasteiger partial charge in [-0.15, -0.1) is 0 Å². The van der Waals surface area contributed by atoms with E-state index < -0.39 is 5.97 Å². The lowest BCUT2D eigenvalue weighted by atomic mass is 9.97. The van der Waals surface area contributed by atoms with Crippen molar-refractivity contribution < 1.29 is 15.0 Å². The maximum atomic E-state index is 11.3. The van der Waals surface area contributed by atoms with Gasteiger partial charge in [0.15, 0.2) is 5.69 Å². The van der Waals surface area contributed by atoms with E-state index in [0.29, 0.717) is 16.6 Å². The molecule has 0 atom stereocenters. The zero-order chi connectivity index (χ0) is 15.9. The van der Waals surface area contributed by atoms with Crippen molar-refractivity contribution in [1.29, 1.82) is 0 Å². The lowest BCUT2D eigenvalue weighted by molar-refractivity contribution is 0.0689. The Morgan fingerprint density at radius 1 is 1.14 bits per heavy atom. The number of carboxylic acid groups (broad SMARTS) is 1. The molecule has 0 radical (unpaired) electrons. The van der Waals surface area contributed by atoms with Gasteiger partial charge >= 0.3 is 5.97 Å². The monoisotopic (exact) mass is 294 g/mol. The minimum absolute atomic E-state index is 0.103. The third-order valence-electron chi connectivity index (χ3n) is 3.67. The van der Waals surface area contributed by atoms with Crippen LogP contribution in [0.2, 0.25) is 0 Å². The van der Waals surface area contributed by atoms with E-state index in [1.807, 2.05) is 30.3 Å². The van der Waals surface area contributed by atoms with Gasteiger partial charge in [-0.2, -0.15) is 0 Å². The Labute approximate surface area is 126 Å². The topological polar surface area (TPSA) is 96.4 Å². The van der Waals surface area contributed by atoms with Gasteiger partial charge < -0.3 is 15.9 Å². The summed E-state index contributed by atoms with van der Waals surface area (Å²) in [4.78, 5) is 15.4. The Kier molecular flexibility index (Phi) is 3.18. The highest BCUT2D eigenvalue weighted by atomic mass is 16.4.